The lowest BCUT2D eigenvalue weighted by Gasteiger charge is -2.19. The molecule has 0 aliphatic rings. The number of fused-ring (bicyclic) bond motifs is 1. The minimum absolute atomic E-state index is 0.0443. The molecule has 0 bridgehead atoms. The molecule has 33 heavy (non-hydrogen) atoms. The quantitative estimate of drug-likeness (QED) is 0.451. The number of carbonyl (C=O) groups is 1. The molecule has 0 aliphatic carbocycles. The van der Waals surface area contributed by atoms with Crippen LogP contribution in [0.1, 0.15) is 37.6 Å². The first-order valence-corrected chi connectivity index (χ1v) is 11.6. The van der Waals surface area contributed by atoms with Gasteiger partial charge < -0.3 is 24.3 Å². The molecule has 8 nitrogen and oxygen atoms in total. The number of nitrogens with zero attached hydrogens (tertiary/aromatic N) is 4. The number of benzene rings is 1. The molecule has 0 spiro atoms. The largest absolute Gasteiger partial charge is 0.497 e. The van der Waals surface area contributed by atoms with Crippen molar-refractivity contribution in [2.75, 3.05) is 40.5 Å². The molecule has 1 atom stereocenters. The molecule has 0 radical (unpaired) electrons. The van der Waals surface area contributed by atoms with Crippen molar-refractivity contribution < 1.29 is 14.3 Å². The molecule has 1 aromatic carbocycles. The summed E-state index contributed by atoms with van der Waals surface area (Å²) in [6.45, 7) is 10.4. The normalized spacial score (nSPS) is 12.3. The van der Waals surface area contributed by atoms with Crippen LogP contribution in [-0.2, 0) is 11.3 Å². The number of carbonyl (C=O) groups excluding carboxylic acids is 1. The van der Waals surface area contributed by atoms with E-state index in [1.807, 2.05) is 37.3 Å². The van der Waals surface area contributed by atoms with Gasteiger partial charge in [-0.15, -0.1) is 0 Å². The third-order valence-corrected chi connectivity index (χ3v) is 5.91. The Labute approximate surface area is 195 Å². The number of amides is 1. The fraction of sp³-hybridized carbons (Fsp3) is 0.480. The predicted molar refractivity (Wildman–Crippen MR) is 131 cm³/mol. The van der Waals surface area contributed by atoms with Gasteiger partial charge >= 0.3 is 0 Å². The van der Waals surface area contributed by atoms with Crippen LogP contribution in [0.15, 0.2) is 36.5 Å². The molecule has 1 amide bonds. The van der Waals surface area contributed by atoms with Crippen LogP contribution in [0.2, 0.25) is 0 Å². The van der Waals surface area contributed by atoms with E-state index in [-0.39, 0.29) is 11.9 Å². The summed E-state index contributed by atoms with van der Waals surface area (Å²) in [6, 6.07) is 9.62. The van der Waals surface area contributed by atoms with Crippen LogP contribution in [0.3, 0.4) is 0 Å². The van der Waals surface area contributed by atoms with Gasteiger partial charge in [-0.2, -0.15) is 0 Å². The predicted octanol–water partition coefficient (Wildman–Crippen LogP) is 3.60. The average molecular weight is 454 g/mol. The molecule has 2 aromatic heterocycles. The van der Waals surface area contributed by atoms with E-state index in [1.165, 1.54) is 0 Å². The van der Waals surface area contributed by atoms with Crippen molar-refractivity contribution in [2.24, 2.45) is 0 Å². The van der Waals surface area contributed by atoms with Gasteiger partial charge in [0.1, 0.15) is 17.1 Å². The van der Waals surface area contributed by atoms with Gasteiger partial charge in [-0.3, -0.25) is 4.79 Å². The summed E-state index contributed by atoms with van der Waals surface area (Å²) in [5.41, 5.74) is 2.90. The van der Waals surface area contributed by atoms with Gasteiger partial charge in [0.25, 0.3) is 5.91 Å². The SMILES string of the molecule is CCC(COC)NC(=O)c1cnc2c(c1)nc(-c1cccc(OC)c1)n2CCN(CC)CC. The Morgan fingerprint density at radius 3 is 2.64 bits per heavy atom. The summed E-state index contributed by atoms with van der Waals surface area (Å²) in [5.74, 6) is 1.41. The first-order valence-electron chi connectivity index (χ1n) is 11.6. The molecule has 8 heteroatoms. The summed E-state index contributed by atoms with van der Waals surface area (Å²) >= 11 is 0. The van der Waals surface area contributed by atoms with Crippen molar-refractivity contribution in [2.45, 2.75) is 39.8 Å². The van der Waals surface area contributed by atoms with Crippen molar-refractivity contribution in [1.29, 1.82) is 0 Å². The van der Waals surface area contributed by atoms with Crippen LogP contribution in [0.4, 0.5) is 0 Å². The van der Waals surface area contributed by atoms with Crippen molar-refractivity contribution in [3.05, 3.63) is 42.1 Å². The molecular formula is C25H35N5O3. The van der Waals surface area contributed by atoms with Crippen molar-refractivity contribution in [1.82, 2.24) is 24.8 Å². The number of hydrogen-bond acceptors (Lipinski definition) is 6. The van der Waals surface area contributed by atoms with E-state index in [4.69, 9.17) is 14.5 Å². The highest BCUT2D eigenvalue weighted by Gasteiger charge is 2.18. The van der Waals surface area contributed by atoms with E-state index < -0.39 is 0 Å². The number of likely N-dealkylation sites (N-methyl/N-ethyl adjacent to an activating group) is 1. The van der Waals surface area contributed by atoms with E-state index in [0.29, 0.717) is 17.7 Å². The fourth-order valence-electron chi connectivity index (χ4n) is 3.84. The van der Waals surface area contributed by atoms with Gasteiger partial charge in [0.05, 0.1) is 25.3 Å². The molecule has 2 heterocycles. The van der Waals surface area contributed by atoms with Crippen molar-refractivity contribution in [3.8, 4) is 17.1 Å². The smallest absolute Gasteiger partial charge is 0.253 e. The molecule has 178 valence electrons. The van der Waals surface area contributed by atoms with Gasteiger partial charge in [0, 0.05) is 32.0 Å². The maximum Gasteiger partial charge on any atom is 0.253 e. The van der Waals surface area contributed by atoms with E-state index in [9.17, 15) is 4.79 Å². The van der Waals surface area contributed by atoms with E-state index >= 15 is 0 Å². The highest BCUT2D eigenvalue weighted by Crippen LogP contribution is 2.27. The minimum Gasteiger partial charge on any atom is -0.497 e. The van der Waals surface area contributed by atoms with Crippen LogP contribution in [-0.4, -0.2) is 71.8 Å². The average Bonchev–Trinajstić information content (AvgIpc) is 3.22. The molecule has 0 saturated heterocycles. The highest BCUT2D eigenvalue weighted by atomic mass is 16.5. The lowest BCUT2D eigenvalue weighted by atomic mass is 10.2. The lowest BCUT2D eigenvalue weighted by molar-refractivity contribution is 0.0894. The number of nitrogens with one attached hydrogen (secondary N) is 1. The van der Waals surface area contributed by atoms with Crippen molar-refractivity contribution in [3.63, 3.8) is 0 Å². The highest BCUT2D eigenvalue weighted by molar-refractivity contribution is 5.96. The Kier molecular flexibility index (Phi) is 8.79. The second-order valence-electron chi connectivity index (χ2n) is 7.95. The first-order chi connectivity index (χ1) is 16.0. The molecule has 0 fully saturated rings. The number of imidazole rings is 1. The third-order valence-electron chi connectivity index (χ3n) is 5.91. The number of methoxy groups -OCH3 is 2. The topological polar surface area (TPSA) is 81.5 Å². The van der Waals surface area contributed by atoms with Crippen molar-refractivity contribution >= 4 is 17.1 Å². The second kappa shape index (κ2) is 11.8. The van der Waals surface area contributed by atoms with Gasteiger partial charge in [-0.05, 0) is 37.7 Å². The standard InChI is InChI=1S/C25H35N5O3/c1-6-20(17-32-4)27-25(31)19-15-22-24(26-16-19)30(13-12-29(7-2)8-3)23(28-22)18-10-9-11-21(14-18)33-5/h9-11,14-16,20H,6-8,12-13,17H2,1-5H3,(H,27,31). The van der Waals surface area contributed by atoms with Crippen LogP contribution in [0.5, 0.6) is 5.75 Å². The maximum atomic E-state index is 12.8. The summed E-state index contributed by atoms with van der Waals surface area (Å²) in [4.78, 5) is 24.7. The number of ether oxygens (including phenoxy) is 2. The number of rotatable bonds is 12. The Balaban J connectivity index is 2.00. The zero-order valence-corrected chi connectivity index (χ0v) is 20.3. The Bertz CT molecular complexity index is 1060. The summed E-state index contributed by atoms with van der Waals surface area (Å²) in [6.07, 6.45) is 2.41. The second-order valence-corrected chi connectivity index (χ2v) is 7.95. The minimum atomic E-state index is -0.172. The molecule has 0 saturated carbocycles. The van der Waals surface area contributed by atoms with Gasteiger partial charge in [0.2, 0.25) is 0 Å². The molecule has 3 rings (SSSR count). The van der Waals surface area contributed by atoms with Crippen LogP contribution in [0.25, 0.3) is 22.6 Å². The molecule has 1 unspecified atom stereocenters. The van der Waals surface area contributed by atoms with E-state index in [0.717, 1.165) is 55.4 Å². The molecular weight excluding hydrogens is 418 g/mol. The Morgan fingerprint density at radius 1 is 1.18 bits per heavy atom. The summed E-state index contributed by atoms with van der Waals surface area (Å²) in [5, 5.41) is 3.01. The Hall–Kier alpha value is -2.97. The van der Waals surface area contributed by atoms with Crippen LogP contribution >= 0.6 is 0 Å². The summed E-state index contributed by atoms with van der Waals surface area (Å²) in [7, 11) is 3.29. The number of aromatic nitrogens is 3. The molecule has 3 aromatic rings. The molecule has 0 aliphatic heterocycles. The Morgan fingerprint density at radius 2 is 1.97 bits per heavy atom. The fourth-order valence-corrected chi connectivity index (χ4v) is 3.84. The lowest BCUT2D eigenvalue weighted by Crippen LogP contribution is -2.37. The number of pyridine rings is 1. The van der Waals surface area contributed by atoms with Crippen LogP contribution in [0, 0.1) is 0 Å². The van der Waals surface area contributed by atoms with Gasteiger partial charge in [0.15, 0.2) is 5.65 Å². The van der Waals surface area contributed by atoms with E-state index in [1.54, 1.807) is 20.4 Å². The van der Waals surface area contributed by atoms with Gasteiger partial charge in [-0.25, -0.2) is 9.97 Å². The number of hydrogen-bond donors (Lipinski definition) is 1. The summed E-state index contributed by atoms with van der Waals surface area (Å²) < 4.78 is 12.7. The monoisotopic (exact) mass is 453 g/mol. The first kappa shape index (κ1) is 24.7. The molecule has 1 N–H and O–H groups in total. The maximum absolute atomic E-state index is 12.8. The van der Waals surface area contributed by atoms with Crippen LogP contribution < -0.4 is 10.1 Å². The van der Waals surface area contributed by atoms with Gasteiger partial charge in [-0.1, -0.05) is 32.9 Å². The zero-order chi connectivity index (χ0) is 23.8. The van der Waals surface area contributed by atoms with E-state index in [2.05, 4.69) is 33.6 Å². The third kappa shape index (κ3) is 5.89. The zero-order valence-electron chi connectivity index (χ0n) is 20.3.